The highest BCUT2D eigenvalue weighted by atomic mass is 32.2. The number of hydrogen-bond acceptors (Lipinski definition) is 19. The number of rotatable bonds is 12. The maximum Gasteiger partial charge on any atom is 0.534 e. The standard InChI is InChI=1S/C28H20N2O7.C23H15F3O8S.C6H6N2O2/c1-34-16-35-20-11-13-24-26(15-20)36-25-14-18(29-17-6-9-19(10-7-17)30(32)33)8-12-23(25)28(24)22-5-3-2-4-21(22)27(31)37-28;1-30-12-31-13-6-8-17-19(10-13)32-20-11-14(34-35(28,29)23(24,25)26)7-9-18(20)22(17)16-5-3-2-4-15(16)21(27)33-22;7-5-1-3-6(4-2-5)8(9)10/h2-15,29H,16H2,1H3;2-11H,12H2,1H3;1-4H,7H2. The van der Waals surface area contributed by atoms with Crippen LogP contribution in [0.3, 0.4) is 0 Å². The molecule has 0 amide bonds. The maximum absolute atomic E-state index is 13.0. The van der Waals surface area contributed by atoms with Gasteiger partial charge in [-0.05, 0) is 84.9 Å². The van der Waals surface area contributed by atoms with Gasteiger partial charge in [0.2, 0.25) is 0 Å². The molecule has 8 aromatic carbocycles. The van der Waals surface area contributed by atoms with Crippen molar-refractivity contribution in [1.82, 2.24) is 0 Å². The summed E-state index contributed by atoms with van der Waals surface area (Å²) in [6.07, 6.45) is 0. The lowest BCUT2D eigenvalue weighted by Gasteiger charge is -2.36. The Bertz CT molecular complexity index is 3960. The molecule has 3 N–H and O–H groups in total. The smallest absolute Gasteiger partial charge is 0.467 e. The second kappa shape index (κ2) is 21.8. The van der Waals surface area contributed by atoms with Gasteiger partial charge >= 0.3 is 27.6 Å². The van der Waals surface area contributed by atoms with E-state index in [2.05, 4.69) is 9.50 Å². The molecule has 2 atom stereocenters. The first-order valence-electron chi connectivity index (χ1n) is 24.1. The van der Waals surface area contributed by atoms with Gasteiger partial charge in [-0.3, -0.25) is 20.2 Å². The number of ether oxygens (including phenoxy) is 8. The molecule has 4 aliphatic heterocycles. The van der Waals surface area contributed by atoms with E-state index in [-0.39, 0.29) is 42.0 Å². The number of carbonyl (C=O) groups is 2. The fraction of sp³-hybridized carbons (Fsp3) is 0.123. The number of fused-ring (bicyclic) bond motifs is 12. The zero-order chi connectivity index (χ0) is 58.1. The van der Waals surface area contributed by atoms with Crippen molar-refractivity contribution in [3.63, 3.8) is 0 Å². The number of nitrogen functional groups attached to an aromatic ring is 1. The number of nitro benzene ring substituents is 2. The van der Waals surface area contributed by atoms with Gasteiger partial charge < -0.3 is 53.1 Å². The Morgan fingerprint density at radius 2 is 0.927 bits per heavy atom. The van der Waals surface area contributed by atoms with E-state index in [4.69, 9.17) is 43.6 Å². The number of anilines is 3. The molecule has 2 spiro atoms. The SMILES string of the molecule is COCOc1ccc2c(c1)Oc1cc(Nc3ccc([N+](=O)[O-])cc3)ccc1C21OC(=O)c2ccccc21.COCOc1ccc2c(c1)Oc1cc(OS(=O)(=O)C(F)(F)F)ccc1C21OC(=O)c2ccccc21.Nc1ccc([N+](=O)[O-])cc1. The Labute approximate surface area is 462 Å². The quantitative estimate of drug-likeness (QED) is 0.0219. The number of halogens is 3. The average Bonchev–Trinajstić information content (AvgIpc) is 1.91. The van der Waals surface area contributed by atoms with Crippen molar-refractivity contribution in [3.05, 3.63) is 235 Å². The average molecular weight is 1140 g/mol. The van der Waals surface area contributed by atoms with Crippen LogP contribution in [0, 0.1) is 20.2 Å². The molecular formula is C57H41F3N4O17S. The fourth-order valence-electron chi connectivity index (χ4n) is 9.46. The molecule has 0 saturated heterocycles. The van der Waals surface area contributed by atoms with Gasteiger partial charge in [0.05, 0.1) is 21.0 Å². The number of benzene rings is 8. The number of nitrogens with zero attached hydrogens (tertiary/aromatic N) is 2. The topological polar surface area (TPSA) is 276 Å². The number of nitro groups is 2. The summed E-state index contributed by atoms with van der Waals surface area (Å²) in [5, 5.41) is 24.3. The molecule has 0 fully saturated rings. The number of hydrogen-bond donors (Lipinski definition) is 2. The summed E-state index contributed by atoms with van der Waals surface area (Å²) in [7, 11) is -2.94. The number of nitrogens with one attached hydrogen (secondary N) is 1. The molecular weight excluding hydrogens is 1100 g/mol. The monoisotopic (exact) mass is 1140 g/mol. The Balaban J connectivity index is 0.000000157. The fourth-order valence-corrected chi connectivity index (χ4v) is 9.91. The van der Waals surface area contributed by atoms with Crippen LogP contribution in [0.4, 0.5) is 41.6 Å². The number of alkyl halides is 3. The number of methoxy groups -OCH3 is 2. The van der Waals surface area contributed by atoms with Gasteiger partial charge in [-0.25, -0.2) is 9.59 Å². The first-order valence-corrected chi connectivity index (χ1v) is 25.5. The summed E-state index contributed by atoms with van der Waals surface area (Å²) in [6, 6.07) is 44.8. The van der Waals surface area contributed by atoms with E-state index in [1.54, 1.807) is 78.9 Å². The lowest BCUT2D eigenvalue weighted by molar-refractivity contribution is -0.385. The summed E-state index contributed by atoms with van der Waals surface area (Å²) in [6.45, 7) is 0.00721. The molecule has 418 valence electrons. The zero-order valence-corrected chi connectivity index (χ0v) is 43.4. The molecule has 0 radical (unpaired) electrons. The van der Waals surface area contributed by atoms with E-state index in [1.807, 2.05) is 30.3 Å². The van der Waals surface area contributed by atoms with Crippen molar-refractivity contribution in [3.8, 4) is 40.2 Å². The summed E-state index contributed by atoms with van der Waals surface area (Å²) in [4.78, 5) is 45.9. The van der Waals surface area contributed by atoms with Crippen molar-refractivity contribution in [2.45, 2.75) is 16.7 Å². The first kappa shape index (κ1) is 55.1. The third-order valence-corrected chi connectivity index (χ3v) is 14.0. The highest BCUT2D eigenvalue weighted by Gasteiger charge is 2.55. The highest BCUT2D eigenvalue weighted by molar-refractivity contribution is 7.88. The van der Waals surface area contributed by atoms with Gasteiger partial charge in [-0.2, -0.15) is 21.6 Å². The van der Waals surface area contributed by atoms with E-state index in [9.17, 15) is 51.4 Å². The Morgan fingerprint density at radius 3 is 1.37 bits per heavy atom. The molecule has 21 nitrogen and oxygen atoms in total. The largest absolute Gasteiger partial charge is 0.534 e. The molecule has 4 heterocycles. The second-order valence-electron chi connectivity index (χ2n) is 18.0. The maximum atomic E-state index is 13.0. The second-order valence-corrected chi connectivity index (χ2v) is 19.5. The van der Waals surface area contributed by atoms with Crippen molar-refractivity contribution in [1.29, 1.82) is 0 Å². The third-order valence-electron chi connectivity index (χ3n) is 13.0. The van der Waals surface area contributed by atoms with Gasteiger partial charge in [0.1, 0.15) is 40.2 Å². The molecule has 82 heavy (non-hydrogen) atoms. The minimum absolute atomic E-state index is 0.00563. The minimum atomic E-state index is -5.91. The number of nitrogens with two attached hydrogens (primary N) is 1. The summed E-state index contributed by atoms with van der Waals surface area (Å²) < 4.78 is 111. The van der Waals surface area contributed by atoms with E-state index >= 15 is 0 Å². The molecule has 2 unspecified atom stereocenters. The predicted molar refractivity (Wildman–Crippen MR) is 284 cm³/mol. The van der Waals surface area contributed by atoms with Gasteiger partial charge in [-0.1, -0.05) is 36.4 Å². The van der Waals surface area contributed by atoms with Crippen LogP contribution in [0.25, 0.3) is 0 Å². The van der Waals surface area contributed by atoms with Crippen LogP contribution in [-0.4, -0.2) is 63.5 Å². The molecule has 0 bridgehead atoms. The van der Waals surface area contributed by atoms with Crippen LogP contribution >= 0.6 is 0 Å². The summed E-state index contributed by atoms with van der Waals surface area (Å²) in [5.74, 6) is 0.300. The molecule has 25 heteroatoms. The van der Waals surface area contributed by atoms with Crippen LogP contribution in [0.2, 0.25) is 0 Å². The zero-order valence-electron chi connectivity index (χ0n) is 42.5. The normalized spacial score (nSPS) is 16.5. The lowest BCUT2D eigenvalue weighted by Crippen LogP contribution is -2.33. The lowest BCUT2D eigenvalue weighted by atomic mass is 9.77. The van der Waals surface area contributed by atoms with Crippen molar-refractivity contribution in [2.75, 3.05) is 38.9 Å². The Morgan fingerprint density at radius 1 is 0.537 bits per heavy atom. The molecule has 8 aromatic rings. The van der Waals surface area contributed by atoms with Crippen molar-refractivity contribution < 1.29 is 83.1 Å². The Hall–Kier alpha value is -10.2. The minimum Gasteiger partial charge on any atom is -0.467 e. The van der Waals surface area contributed by atoms with Crippen LogP contribution in [0.15, 0.2) is 170 Å². The van der Waals surface area contributed by atoms with E-state index in [0.29, 0.717) is 73.4 Å². The summed E-state index contributed by atoms with van der Waals surface area (Å²) in [5.41, 5.74) is 3.02. The Kier molecular flexibility index (Phi) is 14.6. The number of non-ortho nitro benzene ring substituents is 2. The number of esters is 2. The molecule has 0 saturated carbocycles. The molecule has 0 aromatic heterocycles. The molecule has 12 rings (SSSR count). The highest BCUT2D eigenvalue weighted by Crippen LogP contribution is 2.59. The summed E-state index contributed by atoms with van der Waals surface area (Å²) >= 11 is 0. The van der Waals surface area contributed by atoms with E-state index in [0.717, 1.165) is 17.7 Å². The van der Waals surface area contributed by atoms with Crippen molar-refractivity contribution in [2.24, 2.45) is 0 Å². The molecule has 0 aliphatic carbocycles. The van der Waals surface area contributed by atoms with Gasteiger partial charge in [0, 0.05) is 113 Å². The van der Waals surface area contributed by atoms with Crippen molar-refractivity contribution >= 4 is 50.5 Å². The number of carbonyl (C=O) groups excluding carboxylic acids is 2. The third kappa shape index (κ3) is 10.2. The first-order chi connectivity index (χ1) is 39.3. The van der Waals surface area contributed by atoms with Gasteiger partial charge in [0.25, 0.3) is 11.4 Å². The van der Waals surface area contributed by atoms with Gasteiger partial charge in [-0.15, -0.1) is 0 Å². The molecule has 4 aliphatic rings. The van der Waals surface area contributed by atoms with Crippen LogP contribution in [-0.2, 0) is 40.3 Å². The predicted octanol–water partition coefficient (Wildman–Crippen LogP) is 11.5. The van der Waals surface area contributed by atoms with Crippen LogP contribution in [0.5, 0.6) is 40.2 Å². The van der Waals surface area contributed by atoms with Gasteiger partial charge in [0.15, 0.2) is 24.8 Å². The van der Waals surface area contributed by atoms with E-state index < -0.39 is 54.4 Å². The van der Waals surface area contributed by atoms with Crippen LogP contribution in [0.1, 0.15) is 54.1 Å². The van der Waals surface area contributed by atoms with Crippen LogP contribution < -0.4 is 34.2 Å². The van der Waals surface area contributed by atoms with E-state index in [1.165, 1.54) is 62.8 Å².